The van der Waals surface area contributed by atoms with Gasteiger partial charge in [0.1, 0.15) is 0 Å². The lowest BCUT2D eigenvalue weighted by atomic mass is 10.1. The van der Waals surface area contributed by atoms with E-state index in [9.17, 15) is 0 Å². The van der Waals surface area contributed by atoms with Crippen LogP contribution in [-0.4, -0.2) is 11.5 Å². The molecule has 0 amide bonds. The van der Waals surface area contributed by atoms with Crippen LogP contribution in [0.25, 0.3) is 0 Å². The summed E-state index contributed by atoms with van der Waals surface area (Å²) in [7, 11) is 0. The summed E-state index contributed by atoms with van der Waals surface area (Å²) in [5, 5.41) is 0. The molecule has 1 aliphatic carbocycles. The van der Waals surface area contributed by atoms with E-state index in [0.717, 1.165) is 0 Å². The van der Waals surface area contributed by atoms with Gasteiger partial charge >= 0.3 is 0 Å². The highest BCUT2D eigenvalue weighted by atomic mass is 32.2. The fourth-order valence-electron chi connectivity index (χ4n) is 1.12. The summed E-state index contributed by atoms with van der Waals surface area (Å²) in [6.07, 6.45) is 10.5. The fraction of sp³-hybridized carbons (Fsp3) is 0.600. The maximum absolute atomic E-state index is 2.27. The smallest absolute Gasteiger partial charge is 0.0146 e. The first kappa shape index (κ1) is 8.92. The summed E-state index contributed by atoms with van der Waals surface area (Å²) in [5.41, 5.74) is 1.62. The summed E-state index contributed by atoms with van der Waals surface area (Å²) in [6, 6.07) is 0. The van der Waals surface area contributed by atoms with Gasteiger partial charge in [0.25, 0.3) is 0 Å². The molecule has 0 unspecified atom stereocenters. The van der Waals surface area contributed by atoms with E-state index in [0.29, 0.717) is 0 Å². The minimum atomic E-state index is 1.25. The van der Waals surface area contributed by atoms with Crippen molar-refractivity contribution < 1.29 is 0 Å². The molecule has 1 rings (SSSR count). The van der Waals surface area contributed by atoms with Crippen molar-refractivity contribution in [1.29, 1.82) is 0 Å². The van der Waals surface area contributed by atoms with Gasteiger partial charge in [-0.2, -0.15) is 11.8 Å². The molecular formula is C10H16S. The Kier molecular flexibility index (Phi) is 4.44. The fourth-order valence-corrected chi connectivity index (χ4v) is 2.06. The minimum absolute atomic E-state index is 1.25. The predicted molar refractivity (Wildman–Crippen MR) is 54.1 cm³/mol. The molecule has 1 heteroatoms. The van der Waals surface area contributed by atoms with Crippen molar-refractivity contribution in [3.8, 4) is 0 Å². The number of hydrogen-bond donors (Lipinski definition) is 0. The molecule has 0 N–H and O–H groups in total. The Hall–Kier alpha value is -0.170. The maximum Gasteiger partial charge on any atom is 0.0146 e. The quantitative estimate of drug-likeness (QED) is 0.580. The third kappa shape index (κ3) is 3.66. The van der Waals surface area contributed by atoms with Gasteiger partial charge in [-0.25, -0.2) is 0 Å². The summed E-state index contributed by atoms with van der Waals surface area (Å²) >= 11 is 2.06. The van der Waals surface area contributed by atoms with Crippen molar-refractivity contribution in [2.45, 2.75) is 26.2 Å². The summed E-state index contributed by atoms with van der Waals surface area (Å²) in [6.45, 7) is 2.24. The van der Waals surface area contributed by atoms with Gasteiger partial charge in [-0.05, 0) is 25.0 Å². The van der Waals surface area contributed by atoms with Crippen molar-refractivity contribution in [2.24, 2.45) is 0 Å². The van der Waals surface area contributed by atoms with Crippen molar-refractivity contribution >= 4 is 11.8 Å². The predicted octanol–water partition coefficient (Wildman–Crippen LogP) is 3.41. The van der Waals surface area contributed by atoms with Crippen molar-refractivity contribution in [1.82, 2.24) is 0 Å². The first-order chi connectivity index (χ1) is 5.43. The second-order valence-corrected chi connectivity index (χ2v) is 3.95. The molecule has 0 bridgehead atoms. The molecule has 11 heavy (non-hydrogen) atoms. The van der Waals surface area contributed by atoms with Crippen molar-refractivity contribution in [2.75, 3.05) is 11.5 Å². The van der Waals surface area contributed by atoms with Crippen LogP contribution in [0, 0.1) is 0 Å². The third-order valence-corrected chi connectivity index (χ3v) is 3.01. The Balaban J connectivity index is 2.15. The van der Waals surface area contributed by atoms with Crippen LogP contribution in [-0.2, 0) is 0 Å². The lowest BCUT2D eigenvalue weighted by Gasteiger charge is -2.07. The molecule has 0 aliphatic heterocycles. The van der Waals surface area contributed by atoms with Crippen LogP contribution in [0.1, 0.15) is 26.2 Å². The van der Waals surface area contributed by atoms with Crippen LogP contribution in [0.4, 0.5) is 0 Å². The molecule has 0 heterocycles. The molecule has 0 aromatic rings. The summed E-state index contributed by atoms with van der Waals surface area (Å²) in [4.78, 5) is 0. The molecule has 1 aliphatic rings. The van der Waals surface area contributed by atoms with Gasteiger partial charge in [-0.1, -0.05) is 30.7 Å². The van der Waals surface area contributed by atoms with E-state index in [1.54, 1.807) is 5.57 Å². The largest absolute Gasteiger partial charge is 0.158 e. The summed E-state index contributed by atoms with van der Waals surface area (Å²) in [5.74, 6) is 2.55. The molecule has 0 nitrogen and oxygen atoms in total. The molecule has 62 valence electrons. The van der Waals surface area contributed by atoms with Crippen LogP contribution >= 0.6 is 11.8 Å². The molecule has 0 aromatic carbocycles. The van der Waals surface area contributed by atoms with Gasteiger partial charge in [0.15, 0.2) is 0 Å². The van der Waals surface area contributed by atoms with E-state index in [1.807, 2.05) is 0 Å². The zero-order valence-electron chi connectivity index (χ0n) is 7.18. The number of rotatable bonds is 4. The van der Waals surface area contributed by atoms with Crippen molar-refractivity contribution in [3.63, 3.8) is 0 Å². The lowest BCUT2D eigenvalue weighted by molar-refractivity contribution is 0.965. The highest BCUT2D eigenvalue weighted by molar-refractivity contribution is 7.99. The van der Waals surface area contributed by atoms with E-state index in [-0.39, 0.29) is 0 Å². The molecule has 0 saturated heterocycles. The van der Waals surface area contributed by atoms with E-state index < -0.39 is 0 Å². The van der Waals surface area contributed by atoms with Crippen molar-refractivity contribution in [3.05, 3.63) is 23.8 Å². The average molecular weight is 168 g/mol. The normalized spacial score (nSPS) is 16.6. The molecule has 0 spiro atoms. The van der Waals surface area contributed by atoms with Gasteiger partial charge in [-0.3, -0.25) is 0 Å². The molecule has 0 saturated carbocycles. The minimum Gasteiger partial charge on any atom is -0.158 e. The Morgan fingerprint density at radius 2 is 2.45 bits per heavy atom. The molecule has 0 atom stereocenters. The average Bonchev–Trinajstić information content (AvgIpc) is 2.07. The first-order valence-corrected chi connectivity index (χ1v) is 5.51. The van der Waals surface area contributed by atoms with E-state index in [2.05, 4.69) is 36.9 Å². The SMILES string of the molecule is CCCSCC1=CC=CCC1. The van der Waals surface area contributed by atoms with E-state index in [1.165, 1.54) is 30.8 Å². The Morgan fingerprint density at radius 1 is 1.55 bits per heavy atom. The standard InChI is InChI=1S/C10H16S/c1-2-8-11-9-10-6-4-3-5-7-10/h3-4,6H,2,5,7-9H2,1H3. The number of hydrogen-bond acceptors (Lipinski definition) is 1. The zero-order valence-corrected chi connectivity index (χ0v) is 7.99. The number of allylic oxidation sites excluding steroid dienone is 3. The Morgan fingerprint density at radius 3 is 3.09 bits per heavy atom. The highest BCUT2D eigenvalue weighted by Gasteiger charge is 1.98. The molecule has 0 aromatic heterocycles. The monoisotopic (exact) mass is 168 g/mol. The maximum atomic E-state index is 2.27. The van der Waals surface area contributed by atoms with Gasteiger partial charge in [0, 0.05) is 5.75 Å². The second-order valence-electron chi connectivity index (χ2n) is 2.84. The van der Waals surface area contributed by atoms with E-state index in [4.69, 9.17) is 0 Å². The summed E-state index contributed by atoms with van der Waals surface area (Å²) < 4.78 is 0. The lowest BCUT2D eigenvalue weighted by Crippen LogP contribution is -1.91. The van der Waals surface area contributed by atoms with Gasteiger partial charge < -0.3 is 0 Å². The van der Waals surface area contributed by atoms with Crippen LogP contribution < -0.4 is 0 Å². The number of thioether (sulfide) groups is 1. The van der Waals surface area contributed by atoms with Crippen LogP contribution in [0.15, 0.2) is 23.8 Å². The molecule has 0 radical (unpaired) electrons. The molecule has 0 fully saturated rings. The van der Waals surface area contributed by atoms with E-state index >= 15 is 0 Å². The van der Waals surface area contributed by atoms with Crippen LogP contribution in [0.3, 0.4) is 0 Å². The topological polar surface area (TPSA) is 0 Å². The Bertz CT molecular complexity index is 156. The first-order valence-electron chi connectivity index (χ1n) is 4.36. The molecular weight excluding hydrogens is 152 g/mol. The van der Waals surface area contributed by atoms with Gasteiger partial charge in [0.05, 0.1) is 0 Å². The van der Waals surface area contributed by atoms with Crippen LogP contribution in [0.5, 0.6) is 0 Å². The highest BCUT2D eigenvalue weighted by Crippen LogP contribution is 2.17. The van der Waals surface area contributed by atoms with Gasteiger partial charge in [0.2, 0.25) is 0 Å². The second kappa shape index (κ2) is 5.48. The van der Waals surface area contributed by atoms with Gasteiger partial charge in [-0.15, -0.1) is 0 Å². The third-order valence-electron chi connectivity index (χ3n) is 1.74. The zero-order chi connectivity index (χ0) is 7.94. The Labute approximate surface area is 73.8 Å². The van der Waals surface area contributed by atoms with Crippen LogP contribution in [0.2, 0.25) is 0 Å².